The summed E-state index contributed by atoms with van der Waals surface area (Å²) in [6, 6.07) is 7.83. The van der Waals surface area contributed by atoms with Crippen LogP contribution in [0.25, 0.3) is 33.4 Å². The Morgan fingerprint density at radius 1 is 1.03 bits per heavy atom. The van der Waals surface area contributed by atoms with Crippen molar-refractivity contribution in [1.82, 2.24) is 45.4 Å². The van der Waals surface area contributed by atoms with Crippen molar-refractivity contribution in [2.75, 3.05) is 26.7 Å². The highest BCUT2D eigenvalue weighted by Crippen LogP contribution is 2.43. The van der Waals surface area contributed by atoms with E-state index >= 15 is 0 Å². The number of aryl methyl sites for hydroxylation is 1. The third-order valence-electron chi connectivity index (χ3n) is 16.2. The topological polar surface area (TPSA) is 181 Å². The van der Waals surface area contributed by atoms with Crippen LogP contribution in [0.2, 0.25) is 0 Å². The fourth-order valence-corrected chi connectivity index (χ4v) is 13.1. The summed E-state index contributed by atoms with van der Waals surface area (Å²) in [5.74, 6) is -1.02. The molecule has 4 amide bonds. The van der Waals surface area contributed by atoms with Gasteiger partial charge in [0.1, 0.15) is 24.2 Å². The normalized spacial score (nSPS) is 26.6. The number of pyridine rings is 1. The van der Waals surface area contributed by atoms with E-state index in [9.17, 15) is 24.0 Å². The van der Waals surface area contributed by atoms with E-state index in [1.807, 2.05) is 29.5 Å². The fraction of sp³-hybridized carbons (Fsp3) is 0.611. The Labute approximate surface area is 415 Å². The molecule has 4 aliphatic heterocycles. The molecule has 10 rings (SSSR count). The summed E-state index contributed by atoms with van der Waals surface area (Å²) in [4.78, 5) is 85.6. The maximum atomic E-state index is 15.0. The highest BCUT2D eigenvalue weighted by atomic mass is 32.1. The summed E-state index contributed by atoms with van der Waals surface area (Å²) in [5.41, 5.74) is 9.93. The number of thiazole rings is 1. The molecule has 2 aliphatic carbocycles. The molecular weight excluding hydrogens is 903 g/mol. The van der Waals surface area contributed by atoms with Gasteiger partial charge in [-0.3, -0.25) is 39.3 Å². The first kappa shape index (κ1) is 48.4. The molecule has 3 saturated heterocycles. The van der Waals surface area contributed by atoms with Gasteiger partial charge < -0.3 is 24.4 Å². The van der Waals surface area contributed by atoms with Crippen LogP contribution in [-0.4, -0.2) is 122 Å². The van der Waals surface area contributed by atoms with E-state index < -0.39 is 35.4 Å². The van der Waals surface area contributed by atoms with Crippen molar-refractivity contribution in [2.45, 2.75) is 161 Å². The minimum Gasteiger partial charge on any atom is -0.464 e. The van der Waals surface area contributed by atoms with Gasteiger partial charge >= 0.3 is 5.97 Å². The van der Waals surface area contributed by atoms with Gasteiger partial charge in [0, 0.05) is 84.2 Å². The van der Waals surface area contributed by atoms with Crippen LogP contribution in [-0.2, 0) is 48.1 Å². The lowest BCUT2D eigenvalue weighted by Crippen LogP contribution is -2.62. The van der Waals surface area contributed by atoms with Crippen LogP contribution in [0.1, 0.15) is 122 Å². The average Bonchev–Trinajstić information content (AvgIpc) is 4.15. The molecule has 374 valence electrons. The number of likely N-dealkylation sites (N-methyl/N-ethyl adjacent to an activating group) is 1. The number of hydrogen-bond acceptors (Lipinski definition) is 11. The van der Waals surface area contributed by atoms with Gasteiger partial charge in [-0.1, -0.05) is 46.6 Å². The number of carbonyl (C=O) groups is 5. The zero-order chi connectivity index (χ0) is 49.2. The number of hydrazine groups is 1. The van der Waals surface area contributed by atoms with Crippen LogP contribution in [0, 0.1) is 23.2 Å². The van der Waals surface area contributed by atoms with Crippen molar-refractivity contribution >= 4 is 51.8 Å². The molecular formula is C54H71N9O6S. The minimum atomic E-state index is -1.05. The van der Waals surface area contributed by atoms with Gasteiger partial charge in [0.25, 0.3) is 5.91 Å². The molecule has 7 atom stereocenters. The number of ether oxygens (including phenoxy) is 1. The molecule has 6 bridgehead atoms. The number of hydrogen-bond donors (Lipinski definition) is 3. The number of fused-ring (bicyclic) bond motifs is 6. The molecule has 70 heavy (non-hydrogen) atoms. The molecule has 3 N–H and O–H groups in total. The summed E-state index contributed by atoms with van der Waals surface area (Å²) in [7, 11) is 1.72. The predicted octanol–water partition coefficient (Wildman–Crippen LogP) is 6.62. The van der Waals surface area contributed by atoms with Gasteiger partial charge in [-0.15, -0.1) is 11.3 Å². The molecule has 2 saturated carbocycles. The van der Waals surface area contributed by atoms with E-state index in [0.717, 1.165) is 89.7 Å². The Morgan fingerprint density at radius 3 is 2.56 bits per heavy atom. The number of amides is 4. The van der Waals surface area contributed by atoms with E-state index in [4.69, 9.17) is 14.7 Å². The molecule has 15 nitrogen and oxygen atoms in total. The molecule has 0 spiro atoms. The van der Waals surface area contributed by atoms with Gasteiger partial charge in [0.05, 0.1) is 34.6 Å². The van der Waals surface area contributed by atoms with Gasteiger partial charge in [0.15, 0.2) is 0 Å². The number of cyclic esters (lactones) is 1. The number of rotatable bonds is 10. The quantitative estimate of drug-likeness (QED) is 0.115. The second-order valence-corrected chi connectivity index (χ2v) is 23.1. The first-order valence-corrected chi connectivity index (χ1v) is 26.9. The lowest BCUT2D eigenvalue weighted by atomic mass is 9.84. The van der Waals surface area contributed by atoms with Crippen LogP contribution < -0.4 is 16.1 Å². The van der Waals surface area contributed by atoms with E-state index in [0.29, 0.717) is 49.7 Å². The Balaban J connectivity index is 0.969. The van der Waals surface area contributed by atoms with Crippen molar-refractivity contribution in [3.8, 4) is 22.5 Å². The van der Waals surface area contributed by atoms with Gasteiger partial charge in [-0.05, 0) is 113 Å². The summed E-state index contributed by atoms with van der Waals surface area (Å²) >= 11 is 1.45. The molecule has 4 aromatic rings. The number of esters is 1. The van der Waals surface area contributed by atoms with Crippen molar-refractivity contribution in [2.24, 2.45) is 23.2 Å². The van der Waals surface area contributed by atoms with Crippen LogP contribution >= 0.6 is 11.3 Å². The Bertz CT molecular complexity index is 2670. The maximum Gasteiger partial charge on any atom is 0.324 e. The maximum absolute atomic E-state index is 15.0. The monoisotopic (exact) mass is 974 g/mol. The highest BCUT2D eigenvalue weighted by molar-refractivity contribution is 7.10. The van der Waals surface area contributed by atoms with E-state index in [-0.39, 0.29) is 66.6 Å². The Kier molecular flexibility index (Phi) is 13.4. The van der Waals surface area contributed by atoms with Crippen molar-refractivity contribution in [3.05, 3.63) is 58.2 Å². The standard InChI is InChI=1S/C54H71N9O6S/c1-8-61-42-20-19-34-25-37(42)38(48(61)36-15-11-22-55-44(36)30(2)3)27-54(5,6)29-69-53(68)39-16-12-23-63(59-39)51(66)40(26-43-56-41(34)28-70-43)57-49(64)47(33-13-9-10-14-33)60(7)50(65)35-21-24-62(31(35)4)52(67)46-45(58-46)32-17-18-32/h11,15,19-20,22,25,28,30-33,35,39-40,45-47,58-59H,8-10,12-14,16-18,21,23-24,26-27,29H2,1-7H3,(H,57,64)/t31-,35+,39-,40-,45+,46+,47-/m0/s1. The summed E-state index contributed by atoms with van der Waals surface area (Å²) in [5, 5.41) is 11.8. The summed E-state index contributed by atoms with van der Waals surface area (Å²) in [6.45, 7) is 14.5. The first-order valence-electron chi connectivity index (χ1n) is 26.0. The molecule has 0 radical (unpaired) electrons. The van der Waals surface area contributed by atoms with Crippen LogP contribution in [0.4, 0.5) is 0 Å². The molecule has 0 unspecified atom stereocenters. The highest BCUT2D eigenvalue weighted by Gasteiger charge is 2.54. The van der Waals surface area contributed by atoms with Crippen molar-refractivity contribution in [1.29, 1.82) is 0 Å². The molecule has 16 heteroatoms. The van der Waals surface area contributed by atoms with Gasteiger partial charge in [0.2, 0.25) is 17.7 Å². The third kappa shape index (κ3) is 9.40. The van der Waals surface area contributed by atoms with Gasteiger partial charge in [-0.25, -0.2) is 10.4 Å². The molecule has 3 aromatic heterocycles. The fourth-order valence-electron chi connectivity index (χ4n) is 12.2. The SMILES string of the molecule is CCn1c(-c2cccnc2C(C)C)c2c3cc(ccc31)-c1csc(n1)C[C@H](NC(=O)[C@H](C1CCCC1)N(C)C(=O)[C@@H]1CCN(C(=O)[C@@H]3N[C@@H]3C3CC3)[C@H]1C)C(=O)N1CCC[C@H](N1)C(=O)OCC(C)(C)C2. The molecule has 7 heterocycles. The lowest BCUT2D eigenvalue weighted by molar-refractivity contribution is -0.155. The number of aromatic nitrogens is 3. The number of benzene rings is 1. The largest absolute Gasteiger partial charge is 0.464 e. The number of nitrogens with one attached hydrogen (secondary N) is 3. The molecule has 6 aliphatic rings. The number of nitrogens with zero attached hydrogens (tertiary/aromatic N) is 6. The van der Waals surface area contributed by atoms with E-state index in [1.54, 1.807) is 11.9 Å². The summed E-state index contributed by atoms with van der Waals surface area (Å²) < 4.78 is 8.54. The zero-order valence-corrected chi connectivity index (χ0v) is 42.8. The van der Waals surface area contributed by atoms with Gasteiger partial charge in [-0.2, -0.15) is 0 Å². The van der Waals surface area contributed by atoms with Crippen LogP contribution in [0.3, 0.4) is 0 Å². The summed E-state index contributed by atoms with van der Waals surface area (Å²) in [6.07, 6.45) is 9.98. The number of likely N-dealkylation sites (tertiary alicyclic amines) is 1. The van der Waals surface area contributed by atoms with E-state index in [2.05, 4.69) is 79.5 Å². The second kappa shape index (κ2) is 19.4. The third-order valence-corrected chi connectivity index (χ3v) is 17.1. The second-order valence-electron chi connectivity index (χ2n) is 22.2. The van der Waals surface area contributed by atoms with E-state index in [1.165, 1.54) is 16.3 Å². The Morgan fingerprint density at radius 2 is 1.81 bits per heavy atom. The number of carbonyl (C=O) groups excluding carboxylic acids is 5. The first-order chi connectivity index (χ1) is 33.6. The smallest absolute Gasteiger partial charge is 0.324 e. The average molecular weight is 974 g/mol. The minimum absolute atomic E-state index is 0.0732. The van der Waals surface area contributed by atoms with Crippen LogP contribution in [0.5, 0.6) is 0 Å². The lowest BCUT2D eigenvalue weighted by Gasteiger charge is -2.37. The van der Waals surface area contributed by atoms with Crippen LogP contribution in [0.15, 0.2) is 41.9 Å². The van der Waals surface area contributed by atoms with Crippen molar-refractivity contribution in [3.63, 3.8) is 0 Å². The molecule has 1 aromatic carbocycles. The Hall–Kier alpha value is -5.19. The predicted molar refractivity (Wildman–Crippen MR) is 269 cm³/mol. The zero-order valence-electron chi connectivity index (χ0n) is 42.0. The molecule has 5 fully saturated rings. The van der Waals surface area contributed by atoms with Crippen molar-refractivity contribution < 1.29 is 28.7 Å².